The number of pyridine rings is 1. The molecule has 5 heteroatoms. The highest BCUT2D eigenvalue weighted by molar-refractivity contribution is 6.48. The SMILES string of the molecule is C[Si](C)O[C@H](c1ccccc1C(=O)c1ncccc1C#N)C(C)(C)C. The Morgan fingerprint density at radius 3 is 2.48 bits per heavy atom. The Hall–Kier alpha value is -2.29. The van der Waals surface area contributed by atoms with Gasteiger partial charge in [-0.3, -0.25) is 9.78 Å². The molecule has 129 valence electrons. The Balaban J connectivity index is 2.57. The molecule has 0 saturated carbocycles. The van der Waals surface area contributed by atoms with Gasteiger partial charge in [-0.25, -0.2) is 0 Å². The standard InChI is InChI=1S/C20H23N2O2Si/c1-20(2,3)19(24-25(4)5)16-11-7-6-10-15(16)18(23)17-14(13-21)9-8-12-22-17/h6-12,19H,1-5H3/t19-/m1/s1. The summed E-state index contributed by atoms with van der Waals surface area (Å²) >= 11 is 0. The van der Waals surface area contributed by atoms with Crippen LogP contribution in [0.3, 0.4) is 0 Å². The van der Waals surface area contributed by atoms with Crippen molar-refractivity contribution in [1.29, 1.82) is 5.26 Å². The number of hydrogen-bond acceptors (Lipinski definition) is 4. The number of ketones is 1. The van der Waals surface area contributed by atoms with Gasteiger partial charge in [0.05, 0.1) is 11.7 Å². The van der Waals surface area contributed by atoms with Crippen LogP contribution in [0.5, 0.6) is 0 Å². The minimum Gasteiger partial charge on any atom is -0.410 e. The van der Waals surface area contributed by atoms with Crippen LogP contribution in [0.4, 0.5) is 0 Å². The zero-order valence-electron chi connectivity index (χ0n) is 15.3. The van der Waals surface area contributed by atoms with E-state index in [0.717, 1.165) is 5.56 Å². The third-order valence-corrected chi connectivity index (χ3v) is 4.48. The topological polar surface area (TPSA) is 63.0 Å². The second kappa shape index (κ2) is 7.73. The molecule has 1 aromatic heterocycles. The van der Waals surface area contributed by atoms with E-state index in [2.05, 4.69) is 38.8 Å². The molecular weight excluding hydrogens is 328 g/mol. The third-order valence-electron chi connectivity index (χ3n) is 3.77. The van der Waals surface area contributed by atoms with Crippen LogP contribution in [-0.2, 0) is 4.43 Å². The third kappa shape index (κ3) is 4.41. The monoisotopic (exact) mass is 351 g/mol. The average molecular weight is 352 g/mol. The lowest BCUT2D eigenvalue weighted by Crippen LogP contribution is -2.27. The van der Waals surface area contributed by atoms with Gasteiger partial charge in [0.25, 0.3) is 0 Å². The number of aromatic nitrogens is 1. The Labute approximate surface area is 151 Å². The van der Waals surface area contributed by atoms with Gasteiger partial charge in [-0.2, -0.15) is 5.26 Å². The summed E-state index contributed by atoms with van der Waals surface area (Å²) in [5.74, 6) is -0.244. The predicted molar refractivity (Wildman–Crippen MR) is 99.6 cm³/mol. The van der Waals surface area contributed by atoms with Gasteiger partial charge in [0, 0.05) is 11.8 Å². The number of nitriles is 1. The van der Waals surface area contributed by atoms with E-state index in [4.69, 9.17) is 4.43 Å². The van der Waals surface area contributed by atoms with Crippen molar-refractivity contribution in [3.63, 3.8) is 0 Å². The van der Waals surface area contributed by atoms with Crippen molar-refractivity contribution in [3.8, 4) is 6.07 Å². The fraction of sp³-hybridized carbons (Fsp3) is 0.350. The molecule has 0 unspecified atom stereocenters. The van der Waals surface area contributed by atoms with Gasteiger partial charge in [-0.05, 0) is 36.2 Å². The van der Waals surface area contributed by atoms with Crippen molar-refractivity contribution in [3.05, 3.63) is 65.0 Å². The number of nitrogens with zero attached hydrogens (tertiary/aromatic N) is 2. The summed E-state index contributed by atoms with van der Waals surface area (Å²) in [6.07, 6.45) is 1.33. The molecule has 0 N–H and O–H groups in total. The van der Waals surface area contributed by atoms with Crippen LogP contribution in [0.15, 0.2) is 42.6 Å². The van der Waals surface area contributed by atoms with Crippen molar-refractivity contribution in [2.24, 2.45) is 5.41 Å². The molecule has 1 aromatic carbocycles. The minimum absolute atomic E-state index is 0.166. The number of carbonyl (C=O) groups excluding carboxylic acids is 1. The van der Waals surface area contributed by atoms with Crippen molar-refractivity contribution >= 4 is 14.8 Å². The lowest BCUT2D eigenvalue weighted by atomic mass is 9.82. The van der Waals surface area contributed by atoms with Gasteiger partial charge in [0.15, 0.2) is 0 Å². The fourth-order valence-electron chi connectivity index (χ4n) is 2.68. The molecule has 0 bridgehead atoms. The molecule has 0 aliphatic heterocycles. The summed E-state index contributed by atoms with van der Waals surface area (Å²) in [6, 6.07) is 12.8. The quantitative estimate of drug-likeness (QED) is 0.586. The fourth-order valence-corrected chi connectivity index (χ4v) is 3.63. The molecule has 1 radical (unpaired) electrons. The highest BCUT2D eigenvalue weighted by Crippen LogP contribution is 2.38. The highest BCUT2D eigenvalue weighted by atomic mass is 28.3. The van der Waals surface area contributed by atoms with Crippen molar-refractivity contribution < 1.29 is 9.22 Å². The molecule has 1 heterocycles. The van der Waals surface area contributed by atoms with Crippen LogP contribution in [0.2, 0.25) is 13.1 Å². The lowest BCUT2D eigenvalue weighted by Gasteiger charge is -2.33. The van der Waals surface area contributed by atoms with Crippen molar-refractivity contribution in [1.82, 2.24) is 4.98 Å². The molecule has 2 rings (SSSR count). The summed E-state index contributed by atoms with van der Waals surface area (Å²) < 4.78 is 6.25. The van der Waals surface area contributed by atoms with Gasteiger partial charge in [0.1, 0.15) is 11.8 Å². The first kappa shape index (κ1) is 19.0. The Kier molecular flexibility index (Phi) is 5.88. The van der Waals surface area contributed by atoms with E-state index in [-0.39, 0.29) is 28.6 Å². The molecule has 1 atom stereocenters. The molecular formula is C20H23N2O2Si. The maximum Gasteiger partial charge on any atom is 0.213 e. The summed E-state index contributed by atoms with van der Waals surface area (Å²) in [7, 11) is -0.961. The smallest absolute Gasteiger partial charge is 0.213 e. The van der Waals surface area contributed by atoms with Crippen molar-refractivity contribution in [2.45, 2.75) is 40.0 Å². The van der Waals surface area contributed by atoms with Gasteiger partial charge in [-0.15, -0.1) is 0 Å². The second-order valence-corrected chi connectivity index (χ2v) is 9.25. The largest absolute Gasteiger partial charge is 0.410 e. The minimum atomic E-state index is -0.961. The zero-order chi connectivity index (χ0) is 18.6. The first-order valence-electron chi connectivity index (χ1n) is 8.21. The first-order chi connectivity index (χ1) is 11.8. The summed E-state index contributed by atoms with van der Waals surface area (Å²) in [6.45, 7) is 10.5. The normalized spacial score (nSPS) is 12.7. The molecule has 0 aliphatic carbocycles. The Morgan fingerprint density at radius 2 is 1.88 bits per heavy atom. The van der Waals surface area contributed by atoms with Crippen LogP contribution in [0.25, 0.3) is 0 Å². The summed E-state index contributed by atoms with van der Waals surface area (Å²) in [5.41, 5.74) is 1.69. The van der Waals surface area contributed by atoms with E-state index < -0.39 is 9.04 Å². The van der Waals surface area contributed by atoms with Crippen LogP contribution in [0, 0.1) is 16.7 Å². The van der Waals surface area contributed by atoms with E-state index in [1.807, 2.05) is 24.3 Å². The second-order valence-electron chi connectivity index (χ2n) is 7.20. The van der Waals surface area contributed by atoms with E-state index >= 15 is 0 Å². The Bertz CT molecular complexity index is 804. The number of benzene rings is 1. The Morgan fingerprint density at radius 1 is 1.20 bits per heavy atom. The molecule has 25 heavy (non-hydrogen) atoms. The lowest BCUT2D eigenvalue weighted by molar-refractivity contribution is 0.0839. The van der Waals surface area contributed by atoms with Crippen molar-refractivity contribution in [2.75, 3.05) is 0 Å². The number of carbonyl (C=O) groups is 1. The molecule has 2 aromatic rings. The predicted octanol–water partition coefficient (Wildman–Crippen LogP) is 4.54. The number of hydrogen-bond donors (Lipinski definition) is 0. The molecule has 0 saturated heterocycles. The maximum absolute atomic E-state index is 13.1. The summed E-state index contributed by atoms with van der Waals surface area (Å²) in [5, 5.41) is 9.28. The van der Waals surface area contributed by atoms with Crippen LogP contribution in [0.1, 0.15) is 54.1 Å². The zero-order valence-corrected chi connectivity index (χ0v) is 16.3. The molecule has 0 aliphatic rings. The molecule has 0 spiro atoms. The average Bonchev–Trinajstić information content (AvgIpc) is 2.58. The van der Waals surface area contributed by atoms with Crippen LogP contribution < -0.4 is 0 Å². The summed E-state index contributed by atoms with van der Waals surface area (Å²) in [4.78, 5) is 17.2. The van der Waals surface area contributed by atoms with Crippen LogP contribution >= 0.6 is 0 Å². The van der Waals surface area contributed by atoms with E-state index in [1.54, 1.807) is 18.2 Å². The van der Waals surface area contributed by atoms with Gasteiger partial charge < -0.3 is 4.43 Å². The number of rotatable bonds is 5. The molecule has 0 amide bonds. The highest BCUT2D eigenvalue weighted by Gasteiger charge is 2.32. The van der Waals surface area contributed by atoms with Gasteiger partial charge in [-0.1, -0.05) is 45.0 Å². The van der Waals surface area contributed by atoms with Gasteiger partial charge in [0.2, 0.25) is 14.8 Å². The van der Waals surface area contributed by atoms with E-state index in [9.17, 15) is 10.1 Å². The molecule has 0 fully saturated rings. The maximum atomic E-state index is 13.1. The molecule has 4 nitrogen and oxygen atoms in total. The van der Waals surface area contributed by atoms with Gasteiger partial charge >= 0.3 is 0 Å². The first-order valence-corrected chi connectivity index (χ1v) is 10.6. The van der Waals surface area contributed by atoms with Crippen LogP contribution in [-0.4, -0.2) is 19.8 Å². The van der Waals surface area contributed by atoms with E-state index in [0.29, 0.717) is 5.56 Å². The van der Waals surface area contributed by atoms with E-state index in [1.165, 1.54) is 6.20 Å².